The molecule has 304 valence electrons. The summed E-state index contributed by atoms with van der Waals surface area (Å²) < 4.78 is 49.8. The molecule has 0 amide bonds. The molecule has 5 heterocycles. The van der Waals surface area contributed by atoms with Crippen LogP contribution in [0.15, 0.2) is 97.1 Å². The summed E-state index contributed by atoms with van der Waals surface area (Å²) in [6, 6.07) is 30.4. The molecule has 0 N–H and O–H groups in total. The van der Waals surface area contributed by atoms with Crippen LogP contribution in [0.25, 0.3) is 22.8 Å². The summed E-state index contributed by atoms with van der Waals surface area (Å²) in [5.74, 6) is 1.50. The molecule has 0 saturated carbocycles. The van der Waals surface area contributed by atoms with Gasteiger partial charge in [0.2, 0.25) is 0 Å². The highest BCUT2D eigenvalue weighted by Gasteiger charge is 2.52. The SMILES string of the molecule is CC1(C)OB(c2ccc(-c3nc4nc(n3)Oc3cccc(c3)Oc3nc(nc(-c5ccc(B6OC(C)(C)C(C)(C)O6)cc5)n3)OCc3cccc(c3)CO4)cc2)OC1(C)C. The van der Waals surface area contributed by atoms with Crippen molar-refractivity contribution in [2.24, 2.45) is 0 Å². The number of rotatable bonds is 4. The van der Waals surface area contributed by atoms with Crippen molar-refractivity contribution in [2.75, 3.05) is 0 Å². The summed E-state index contributed by atoms with van der Waals surface area (Å²) in [6.07, 6.45) is 0. The van der Waals surface area contributed by atoms with E-state index in [2.05, 4.69) is 29.9 Å². The van der Waals surface area contributed by atoms with Crippen molar-refractivity contribution in [3.63, 3.8) is 0 Å². The second kappa shape index (κ2) is 15.0. The molecule has 0 aliphatic carbocycles. The van der Waals surface area contributed by atoms with Crippen molar-refractivity contribution in [3.8, 4) is 58.3 Å². The van der Waals surface area contributed by atoms with Gasteiger partial charge in [0.25, 0.3) is 0 Å². The highest BCUT2D eigenvalue weighted by atomic mass is 16.7. The Bertz CT molecular complexity index is 2360. The number of hydrogen-bond donors (Lipinski definition) is 0. The van der Waals surface area contributed by atoms with E-state index in [0.29, 0.717) is 23.1 Å². The molecule has 0 unspecified atom stereocenters. The van der Waals surface area contributed by atoms with Crippen LogP contribution in [-0.2, 0) is 31.8 Å². The molecule has 3 aliphatic heterocycles. The molecule has 0 spiro atoms. The van der Waals surface area contributed by atoms with E-state index in [0.717, 1.165) is 33.2 Å². The van der Waals surface area contributed by atoms with Crippen molar-refractivity contribution in [1.82, 2.24) is 29.9 Å². The maximum atomic E-state index is 6.26. The molecule has 6 aromatic rings. The van der Waals surface area contributed by atoms with E-state index in [1.54, 1.807) is 24.3 Å². The first-order valence-electron chi connectivity index (χ1n) is 19.8. The quantitative estimate of drug-likeness (QED) is 0.167. The van der Waals surface area contributed by atoms with Gasteiger partial charge >= 0.3 is 38.3 Å². The number of benzene rings is 4. The van der Waals surface area contributed by atoms with Gasteiger partial charge in [-0.25, -0.2) is 0 Å². The maximum Gasteiger partial charge on any atom is 0.494 e. The number of ether oxygens (including phenoxy) is 4. The molecule has 2 fully saturated rings. The first-order valence-corrected chi connectivity index (χ1v) is 19.8. The Kier molecular flexibility index (Phi) is 9.86. The highest BCUT2D eigenvalue weighted by Crippen LogP contribution is 2.38. The molecule has 3 aliphatic rings. The standard InChI is InChI=1S/C44H44B2N6O8/c1-41(2)42(3,4)58-45(57-41)31-19-15-29(16-20-31)35-47-37-51-39(49-35)55-33-13-10-14-34(24-33)56-40-50-36(48-38(52-40)54-26-28-12-9-11-27(23-28)25-53-37)30-17-21-32(22-18-30)46-59-43(5,6)44(7,8)60-46/h9-24H,25-26H2,1-8H3. The van der Waals surface area contributed by atoms with Crippen LogP contribution in [0.2, 0.25) is 0 Å². The van der Waals surface area contributed by atoms with Crippen LogP contribution >= 0.6 is 0 Å². The molecule has 16 heteroatoms. The Morgan fingerprint density at radius 2 is 0.783 bits per heavy atom. The Hall–Kier alpha value is -5.93. The van der Waals surface area contributed by atoms with Gasteiger partial charge in [0.05, 0.1) is 22.4 Å². The first kappa shape index (κ1) is 39.5. The van der Waals surface area contributed by atoms with Gasteiger partial charge in [-0.3, -0.25) is 0 Å². The number of hydrogen-bond acceptors (Lipinski definition) is 14. The number of nitrogens with zero attached hydrogens (tertiary/aromatic N) is 6. The molecule has 0 atom stereocenters. The monoisotopic (exact) mass is 806 g/mol. The van der Waals surface area contributed by atoms with E-state index in [1.807, 2.05) is 128 Å². The molecule has 2 aromatic heterocycles. The van der Waals surface area contributed by atoms with Crippen molar-refractivity contribution >= 4 is 25.2 Å². The third-order valence-corrected chi connectivity index (χ3v) is 11.5. The van der Waals surface area contributed by atoms with E-state index in [9.17, 15) is 0 Å². The summed E-state index contributed by atoms with van der Waals surface area (Å²) in [5.41, 5.74) is 3.07. The minimum Gasteiger partial charge on any atom is -0.458 e. The Labute approximate surface area is 349 Å². The fourth-order valence-electron chi connectivity index (χ4n) is 6.61. The Morgan fingerprint density at radius 1 is 0.417 bits per heavy atom. The zero-order valence-electron chi connectivity index (χ0n) is 34.8. The lowest BCUT2D eigenvalue weighted by atomic mass is 9.79. The molecule has 2 saturated heterocycles. The molecule has 0 radical (unpaired) electrons. The van der Waals surface area contributed by atoms with E-state index in [-0.39, 0.29) is 37.3 Å². The molecule has 14 nitrogen and oxygen atoms in total. The van der Waals surface area contributed by atoms with Gasteiger partial charge in [-0.05, 0) is 95.6 Å². The van der Waals surface area contributed by atoms with Crippen LogP contribution in [0, 0.1) is 0 Å². The second-order valence-electron chi connectivity index (χ2n) is 16.9. The zero-order valence-corrected chi connectivity index (χ0v) is 34.8. The average Bonchev–Trinajstić information content (AvgIpc) is 3.58. The van der Waals surface area contributed by atoms with Gasteiger partial charge in [0.1, 0.15) is 24.7 Å². The van der Waals surface area contributed by atoms with Gasteiger partial charge in [-0.2, -0.15) is 19.9 Å². The Balaban J connectivity index is 1.02. The second-order valence-corrected chi connectivity index (χ2v) is 16.9. The summed E-state index contributed by atoms with van der Waals surface area (Å²) in [6.45, 7) is 16.6. The van der Waals surface area contributed by atoms with Crippen LogP contribution in [0.4, 0.5) is 0 Å². The summed E-state index contributed by atoms with van der Waals surface area (Å²) in [4.78, 5) is 27.7. The molecule has 60 heavy (non-hydrogen) atoms. The third kappa shape index (κ3) is 8.03. The lowest BCUT2D eigenvalue weighted by molar-refractivity contribution is 0.00578. The van der Waals surface area contributed by atoms with Gasteiger partial charge in [0, 0.05) is 17.2 Å². The maximum absolute atomic E-state index is 6.26. The van der Waals surface area contributed by atoms with Crippen molar-refractivity contribution < 1.29 is 37.6 Å². The zero-order chi connectivity index (χ0) is 41.9. The van der Waals surface area contributed by atoms with Crippen molar-refractivity contribution in [2.45, 2.75) is 91.0 Å². The van der Waals surface area contributed by atoms with E-state index >= 15 is 0 Å². The summed E-state index contributed by atoms with van der Waals surface area (Å²) >= 11 is 0. The highest BCUT2D eigenvalue weighted by molar-refractivity contribution is 6.62. The minimum absolute atomic E-state index is 0.0270. The lowest BCUT2D eigenvalue weighted by Gasteiger charge is -2.32. The molecule has 8 bridgehead atoms. The van der Waals surface area contributed by atoms with Crippen LogP contribution in [-0.4, -0.2) is 66.5 Å². The van der Waals surface area contributed by atoms with Gasteiger partial charge in [-0.15, -0.1) is 9.97 Å². The average molecular weight is 806 g/mol. The predicted octanol–water partition coefficient (Wildman–Crippen LogP) is 7.05. The topological polar surface area (TPSA) is 151 Å². The van der Waals surface area contributed by atoms with Crippen LogP contribution in [0.3, 0.4) is 0 Å². The molecular formula is C44H44B2N6O8. The van der Waals surface area contributed by atoms with Crippen LogP contribution < -0.4 is 29.9 Å². The van der Waals surface area contributed by atoms with E-state index in [4.69, 9.17) is 37.6 Å². The van der Waals surface area contributed by atoms with Gasteiger partial charge < -0.3 is 37.6 Å². The van der Waals surface area contributed by atoms with Gasteiger partial charge in [0.15, 0.2) is 11.6 Å². The molecule has 4 aromatic carbocycles. The first-order chi connectivity index (χ1) is 28.6. The van der Waals surface area contributed by atoms with Crippen molar-refractivity contribution in [1.29, 1.82) is 0 Å². The van der Waals surface area contributed by atoms with Gasteiger partial charge in [-0.1, -0.05) is 72.8 Å². The lowest BCUT2D eigenvalue weighted by Crippen LogP contribution is -2.41. The number of fused-ring (bicyclic) bond motifs is 8. The van der Waals surface area contributed by atoms with Crippen LogP contribution in [0.5, 0.6) is 35.5 Å². The normalized spacial score (nSPS) is 18.6. The van der Waals surface area contributed by atoms with E-state index < -0.39 is 36.6 Å². The largest absolute Gasteiger partial charge is 0.494 e. The summed E-state index contributed by atoms with van der Waals surface area (Å²) in [5, 5.41) is 0. The smallest absolute Gasteiger partial charge is 0.458 e. The van der Waals surface area contributed by atoms with Crippen molar-refractivity contribution in [3.05, 3.63) is 108 Å². The fraction of sp³-hybridized carbons (Fsp3) is 0.318. The van der Waals surface area contributed by atoms with E-state index in [1.165, 1.54) is 0 Å². The molecule has 9 rings (SSSR count). The third-order valence-electron chi connectivity index (χ3n) is 11.5. The Morgan fingerprint density at radius 3 is 1.18 bits per heavy atom. The minimum atomic E-state index is -0.508. The molecular weight excluding hydrogens is 762 g/mol. The number of aromatic nitrogens is 6. The van der Waals surface area contributed by atoms with Crippen LogP contribution in [0.1, 0.15) is 66.5 Å². The fourth-order valence-corrected chi connectivity index (χ4v) is 6.61. The predicted molar refractivity (Wildman–Crippen MR) is 224 cm³/mol. The summed E-state index contributed by atoms with van der Waals surface area (Å²) in [7, 11) is -1.02.